The molecular weight excluding hydrogens is 445 g/mol. The lowest BCUT2D eigenvalue weighted by Crippen LogP contribution is -2.22. The molecule has 0 fully saturated rings. The van der Waals surface area contributed by atoms with Crippen LogP contribution in [-0.2, 0) is 6.42 Å². The van der Waals surface area contributed by atoms with Crippen LogP contribution in [0.1, 0.15) is 48.5 Å². The number of benzene rings is 2. The molecule has 3 aromatic heterocycles. The van der Waals surface area contributed by atoms with Crippen molar-refractivity contribution in [3.05, 3.63) is 71.2 Å². The second-order valence-electron chi connectivity index (χ2n) is 8.69. The second-order valence-corrected chi connectivity index (χ2v) is 8.69. The van der Waals surface area contributed by atoms with Gasteiger partial charge in [0.15, 0.2) is 5.65 Å². The number of ether oxygens (including phenoxy) is 1. The second kappa shape index (κ2) is 8.17. The molecule has 1 atom stereocenters. The lowest BCUT2D eigenvalue weighted by molar-refractivity contribution is 0.255. The van der Waals surface area contributed by atoms with Gasteiger partial charge in [0.1, 0.15) is 29.2 Å². The van der Waals surface area contributed by atoms with Crippen LogP contribution in [0.5, 0.6) is 5.75 Å². The number of imidazole rings is 2. The molecular formula is C26H22FN7O. The van der Waals surface area contributed by atoms with Crippen LogP contribution in [0.3, 0.4) is 0 Å². The van der Waals surface area contributed by atoms with E-state index in [0.717, 1.165) is 46.5 Å². The zero-order valence-electron chi connectivity index (χ0n) is 19.4. The van der Waals surface area contributed by atoms with Gasteiger partial charge in [-0.3, -0.25) is 4.57 Å². The zero-order valence-corrected chi connectivity index (χ0v) is 19.4. The Labute approximate surface area is 200 Å². The number of aryl methyl sites for hydroxylation is 2. The summed E-state index contributed by atoms with van der Waals surface area (Å²) >= 11 is 0. The van der Waals surface area contributed by atoms with Gasteiger partial charge in [-0.15, -0.1) is 0 Å². The van der Waals surface area contributed by atoms with Crippen molar-refractivity contribution in [1.29, 1.82) is 5.26 Å². The first-order chi connectivity index (χ1) is 17.1. The minimum Gasteiger partial charge on any atom is -0.493 e. The first kappa shape index (κ1) is 21.2. The Balaban J connectivity index is 1.60. The lowest BCUT2D eigenvalue weighted by atomic mass is 9.99. The number of hydrogen-bond acceptors (Lipinski definition) is 6. The van der Waals surface area contributed by atoms with E-state index in [9.17, 15) is 9.65 Å². The quantitative estimate of drug-likeness (QED) is 0.377. The Hall–Kier alpha value is -4.32. The highest BCUT2D eigenvalue weighted by Crippen LogP contribution is 2.38. The number of nitriles is 1. The Morgan fingerprint density at radius 2 is 2.06 bits per heavy atom. The van der Waals surface area contributed by atoms with Crippen LogP contribution in [0.15, 0.2) is 42.7 Å². The molecule has 8 nitrogen and oxygen atoms in total. The summed E-state index contributed by atoms with van der Waals surface area (Å²) in [6, 6.07) is 12.0. The van der Waals surface area contributed by atoms with E-state index >= 15 is 0 Å². The van der Waals surface area contributed by atoms with Gasteiger partial charge < -0.3 is 9.30 Å². The van der Waals surface area contributed by atoms with Gasteiger partial charge in [0.2, 0.25) is 5.95 Å². The number of hydrogen-bond donors (Lipinski definition) is 0. The van der Waals surface area contributed by atoms with Crippen molar-refractivity contribution in [2.75, 3.05) is 6.61 Å². The fraction of sp³-hybridized carbons (Fsp3) is 0.269. The van der Waals surface area contributed by atoms with Crippen LogP contribution in [-0.4, -0.2) is 35.7 Å². The predicted molar refractivity (Wildman–Crippen MR) is 128 cm³/mol. The van der Waals surface area contributed by atoms with E-state index in [1.165, 1.54) is 6.07 Å². The average Bonchev–Trinajstić information content (AvgIpc) is 3.45. The molecule has 0 N–H and O–H groups in total. The standard InChI is InChI=1S/C26H22FN7O/c1-3-4-23-31-24-15(2)30-26(33-14-29-19-7-5-16(13-28)11-21(19)33)32-25(24)34(23)20-9-10-35-22-8-6-17(27)12-18(20)22/h5-8,11-12,14,20H,3-4,9-10H2,1-2H3. The molecule has 0 aliphatic carbocycles. The fourth-order valence-corrected chi connectivity index (χ4v) is 4.83. The third-order valence-corrected chi connectivity index (χ3v) is 6.43. The van der Waals surface area contributed by atoms with E-state index in [-0.39, 0.29) is 11.9 Å². The predicted octanol–water partition coefficient (Wildman–Crippen LogP) is 4.81. The first-order valence-corrected chi connectivity index (χ1v) is 11.6. The molecule has 35 heavy (non-hydrogen) atoms. The SMILES string of the molecule is CCCc1nc2c(C)nc(-n3cnc4ccc(C#N)cc43)nc2n1C1CCOc2ccc(F)cc21. The summed E-state index contributed by atoms with van der Waals surface area (Å²) in [5.74, 6) is 1.72. The smallest absolute Gasteiger partial charge is 0.237 e. The van der Waals surface area contributed by atoms with Crippen molar-refractivity contribution in [2.24, 2.45) is 0 Å². The van der Waals surface area contributed by atoms with Gasteiger partial charge in [-0.2, -0.15) is 10.2 Å². The van der Waals surface area contributed by atoms with Gasteiger partial charge in [-0.25, -0.2) is 19.3 Å². The van der Waals surface area contributed by atoms with Crippen molar-refractivity contribution >= 4 is 22.2 Å². The third-order valence-electron chi connectivity index (χ3n) is 6.43. The van der Waals surface area contributed by atoms with E-state index in [1.54, 1.807) is 35.2 Å². The molecule has 1 aliphatic heterocycles. The molecule has 1 aliphatic rings. The molecule has 0 amide bonds. The molecule has 0 saturated heterocycles. The maximum atomic E-state index is 14.3. The number of fused-ring (bicyclic) bond motifs is 3. The molecule has 5 aromatic rings. The fourth-order valence-electron chi connectivity index (χ4n) is 4.83. The Bertz CT molecular complexity index is 1650. The maximum absolute atomic E-state index is 14.3. The van der Waals surface area contributed by atoms with Crippen molar-refractivity contribution < 1.29 is 9.13 Å². The maximum Gasteiger partial charge on any atom is 0.237 e. The van der Waals surface area contributed by atoms with Crippen LogP contribution < -0.4 is 4.74 Å². The first-order valence-electron chi connectivity index (χ1n) is 11.6. The van der Waals surface area contributed by atoms with E-state index in [2.05, 4.69) is 22.5 Å². The number of halogens is 1. The van der Waals surface area contributed by atoms with Gasteiger partial charge in [0.25, 0.3) is 0 Å². The summed E-state index contributed by atoms with van der Waals surface area (Å²) in [7, 11) is 0. The van der Waals surface area contributed by atoms with Gasteiger partial charge in [-0.1, -0.05) is 6.92 Å². The van der Waals surface area contributed by atoms with Crippen LogP contribution in [0, 0.1) is 24.1 Å². The summed E-state index contributed by atoms with van der Waals surface area (Å²) in [5, 5.41) is 9.36. The summed E-state index contributed by atoms with van der Waals surface area (Å²) in [5.41, 5.74) is 4.98. The van der Waals surface area contributed by atoms with Crippen LogP contribution in [0.25, 0.3) is 28.1 Å². The van der Waals surface area contributed by atoms with Crippen molar-refractivity contribution in [2.45, 2.75) is 39.2 Å². The molecule has 0 saturated carbocycles. The Kier molecular flexibility index (Phi) is 4.95. The number of nitrogens with zero attached hydrogens (tertiary/aromatic N) is 7. The summed E-state index contributed by atoms with van der Waals surface area (Å²) < 4.78 is 24.0. The molecule has 0 bridgehead atoms. The summed E-state index contributed by atoms with van der Waals surface area (Å²) in [4.78, 5) is 19.1. The van der Waals surface area contributed by atoms with Crippen molar-refractivity contribution in [3.63, 3.8) is 0 Å². The van der Waals surface area contributed by atoms with E-state index < -0.39 is 0 Å². The molecule has 4 heterocycles. The molecule has 6 rings (SSSR count). The van der Waals surface area contributed by atoms with Gasteiger partial charge in [-0.05, 0) is 49.7 Å². The molecule has 0 radical (unpaired) electrons. The molecule has 0 spiro atoms. The van der Waals surface area contributed by atoms with Crippen LogP contribution in [0.2, 0.25) is 0 Å². The van der Waals surface area contributed by atoms with E-state index in [4.69, 9.17) is 19.7 Å². The van der Waals surface area contributed by atoms with E-state index in [1.807, 2.05) is 13.0 Å². The Morgan fingerprint density at radius 1 is 1.17 bits per heavy atom. The Morgan fingerprint density at radius 3 is 2.89 bits per heavy atom. The van der Waals surface area contributed by atoms with Gasteiger partial charge in [0.05, 0.1) is 41.0 Å². The zero-order chi connectivity index (χ0) is 24.1. The van der Waals surface area contributed by atoms with Crippen molar-refractivity contribution in [1.82, 2.24) is 29.1 Å². The summed E-state index contributed by atoms with van der Waals surface area (Å²) in [6.07, 6.45) is 4.01. The molecule has 1 unspecified atom stereocenters. The van der Waals surface area contributed by atoms with Crippen molar-refractivity contribution in [3.8, 4) is 17.8 Å². The largest absolute Gasteiger partial charge is 0.493 e. The number of aromatic nitrogens is 6. The average molecular weight is 468 g/mol. The van der Waals surface area contributed by atoms with Crippen LogP contribution >= 0.6 is 0 Å². The highest BCUT2D eigenvalue weighted by Gasteiger charge is 2.29. The summed E-state index contributed by atoms with van der Waals surface area (Å²) in [6.45, 7) is 4.54. The van der Waals surface area contributed by atoms with Gasteiger partial charge in [0, 0.05) is 18.4 Å². The normalized spacial score (nSPS) is 15.2. The van der Waals surface area contributed by atoms with E-state index in [0.29, 0.717) is 35.9 Å². The highest BCUT2D eigenvalue weighted by atomic mass is 19.1. The van der Waals surface area contributed by atoms with Gasteiger partial charge >= 0.3 is 0 Å². The highest BCUT2D eigenvalue weighted by molar-refractivity contribution is 5.80. The monoisotopic (exact) mass is 467 g/mol. The molecule has 2 aromatic carbocycles. The topological polar surface area (TPSA) is 94.4 Å². The lowest BCUT2D eigenvalue weighted by Gasteiger charge is -2.28. The minimum atomic E-state index is -0.301. The van der Waals surface area contributed by atoms with Crippen LogP contribution in [0.4, 0.5) is 4.39 Å². The third kappa shape index (κ3) is 3.41. The molecule has 9 heteroatoms. The molecule has 174 valence electrons. The number of rotatable bonds is 4. The minimum absolute atomic E-state index is 0.159.